The number of pyridine rings is 1. The molecule has 0 aromatic carbocycles. The van der Waals surface area contributed by atoms with Crippen molar-refractivity contribution in [3.63, 3.8) is 0 Å². The summed E-state index contributed by atoms with van der Waals surface area (Å²) in [6.45, 7) is 0. The molecule has 1 rings (SSSR count). The third kappa shape index (κ3) is 1.81. The fourth-order valence-electron chi connectivity index (χ4n) is 0.733. The second-order valence-electron chi connectivity index (χ2n) is 2.09. The maximum absolute atomic E-state index is 10.9. The Bertz CT molecular complexity index is 316. The van der Waals surface area contributed by atoms with Gasteiger partial charge in [0.1, 0.15) is 0 Å². The van der Waals surface area contributed by atoms with E-state index in [1.807, 2.05) is 22.6 Å². The van der Waals surface area contributed by atoms with Crippen LogP contribution in [0.1, 0.15) is 5.69 Å². The molecule has 6 heteroatoms. The van der Waals surface area contributed by atoms with Crippen LogP contribution in [0.3, 0.4) is 0 Å². The van der Waals surface area contributed by atoms with Crippen molar-refractivity contribution in [3.8, 4) is 0 Å². The van der Waals surface area contributed by atoms with Crippen LogP contribution < -0.4 is 4.73 Å². The second kappa shape index (κ2) is 3.65. The van der Waals surface area contributed by atoms with Gasteiger partial charge < -0.3 is 5.21 Å². The van der Waals surface area contributed by atoms with Gasteiger partial charge in [-0.2, -0.15) is 4.73 Å². The number of halogens is 1. The molecule has 0 bridgehead atoms. The molecule has 64 valence electrons. The summed E-state index contributed by atoms with van der Waals surface area (Å²) >= 11 is 1.98. The van der Waals surface area contributed by atoms with Crippen LogP contribution in [-0.4, -0.2) is 4.92 Å². The Labute approximate surface area is 81.9 Å². The first-order valence-corrected chi connectivity index (χ1v) is 4.60. The van der Waals surface area contributed by atoms with Crippen molar-refractivity contribution in [2.75, 3.05) is 0 Å². The first-order chi connectivity index (χ1) is 5.65. The summed E-state index contributed by atoms with van der Waals surface area (Å²) in [5.74, 6) is 0. The second-order valence-corrected chi connectivity index (χ2v) is 2.86. The summed E-state index contributed by atoms with van der Waals surface area (Å²) in [5, 5.41) is 21.2. The molecule has 0 unspecified atom stereocenters. The normalized spacial score (nSPS) is 9.75. The van der Waals surface area contributed by atoms with Crippen molar-refractivity contribution >= 4 is 28.3 Å². The van der Waals surface area contributed by atoms with Gasteiger partial charge in [-0.1, -0.05) is 22.6 Å². The maximum atomic E-state index is 10.9. The molecule has 0 radical (unpaired) electrons. The van der Waals surface area contributed by atoms with Crippen molar-refractivity contribution in [2.24, 2.45) is 0 Å². The molecule has 0 N–H and O–H groups in total. The van der Waals surface area contributed by atoms with E-state index in [1.165, 1.54) is 12.1 Å². The van der Waals surface area contributed by atoms with E-state index in [0.29, 0.717) is 14.9 Å². The summed E-state index contributed by atoms with van der Waals surface area (Å²) in [6.07, 6.45) is 1.14. The number of alkyl halides is 1. The van der Waals surface area contributed by atoms with Crippen LogP contribution in [-0.2, 0) is 4.43 Å². The average molecular weight is 280 g/mol. The lowest BCUT2D eigenvalue weighted by Crippen LogP contribution is -2.30. The van der Waals surface area contributed by atoms with Gasteiger partial charge in [-0.05, 0) is 0 Å². The molecule has 0 atom stereocenters. The van der Waals surface area contributed by atoms with E-state index in [4.69, 9.17) is 0 Å². The number of aromatic nitrogens is 1. The molecule has 0 saturated carbocycles. The minimum Gasteiger partial charge on any atom is -0.618 e. The highest BCUT2D eigenvalue weighted by molar-refractivity contribution is 14.1. The lowest BCUT2D eigenvalue weighted by atomic mass is 10.3. The van der Waals surface area contributed by atoms with E-state index in [9.17, 15) is 15.3 Å². The minimum atomic E-state index is -0.518. The van der Waals surface area contributed by atoms with Crippen molar-refractivity contribution in [3.05, 3.63) is 39.3 Å². The van der Waals surface area contributed by atoms with Gasteiger partial charge in [0.05, 0.1) is 21.5 Å². The van der Waals surface area contributed by atoms with Gasteiger partial charge in [0.2, 0.25) is 5.69 Å². The molecule has 1 heterocycles. The summed E-state index contributed by atoms with van der Waals surface area (Å²) in [5.41, 5.74) is 0.346. The van der Waals surface area contributed by atoms with E-state index < -0.39 is 4.92 Å². The van der Waals surface area contributed by atoms with Crippen LogP contribution >= 0.6 is 22.6 Å². The Kier molecular flexibility index (Phi) is 2.79. The Morgan fingerprint density at radius 1 is 1.67 bits per heavy atom. The third-order valence-corrected chi connectivity index (χ3v) is 2.11. The number of rotatable bonds is 2. The van der Waals surface area contributed by atoms with Gasteiger partial charge in [-0.15, -0.1) is 0 Å². The molecule has 1 aromatic heterocycles. The summed E-state index contributed by atoms with van der Waals surface area (Å²) in [6, 6.07) is 2.46. The van der Waals surface area contributed by atoms with Crippen LogP contribution in [0.5, 0.6) is 0 Å². The lowest BCUT2D eigenvalue weighted by molar-refractivity contribution is -0.613. The van der Waals surface area contributed by atoms with Crippen LogP contribution in [0.4, 0.5) is 5.69 Å². The zero-order valence-corrected chi connectivity index (χ0v) is 8.09. The zero-order valence-electron chi connectivity index (χ0n) is 5.94. The van der Waals surface area contributed by atoms with Gasteiger partial charge in [-0.3, -0.25) is 10.1 Å². The fourth-order valence-corrected chi connectivity index (χ4v) is 1.29. The Morgan fingerprint density at radius 3 is 2.83 bits per heavy atom. The monoisotopic (exact) mass is 280 g/mol. The molecule has 5 nitrogen and oxygen atoms in total. The average Bonchev–Trinajstić information content (AvgIpc) is 2.05. The van der Waals surface area contributed by atoms with Gasteiger partial charge in [0, 0.05) is 0 Å². The van der Waals surface area contributed by atoms with E-state index in [2.05, 4.69) is 0 Å². The van der Waals surface area contributed by atoms with Crippen molar-refractivity contribution < 1.29 is 9.65 Å². The molecule has 12 heavy (non-hydrogen) atoms. The van der Waals surface area contributed by atoms with E-state index >= 15 is 0 Å². The standard InChI is InChI=1S/C6H5IN2O3/c7-4-6-3-5(9(11)12)1-2-8(6)10/h1-3H,4H2. The molecular weight excluding hydrogens is 275 g/mol. The number of hydrogen-bond donors (Lipinski definition) is 0. The largest absolute Gasteiger partial charge is 0.618 e. The number of nitro groups is 1. The van der Waals surface area contributed by atoms with E-state index in [-0.39, 0.29) is 5.69 Å². The van der Waals surface area contributed by atoms with Gasteiger partial charge in [0.15, 0.2) is 6.20 Å². The first-order valence-electron chi connectivity index (χ1n) is 3.07. The molecule has 0 aliphatic heterocycles. The summed E-state index contributed by atoms with van der Waals surface area (Å²) in [4.78, 5) is 9.75. The fraction of sp³-hybridized carbons (Fsp3) is 0.167. The molecule has 0 saturated heterocycles. The Hall–Kier alpha value is -0.920. The molecular formula is C6H5IN2O3. The molecule has 1 aromatic rings. The highest BCUT2D eigenvalue weighted by atomic mass is 127. The van der Waals surface area contributed by atoms with Crippen molar-refractivity contribution in [2.45, 2.75) is 4.43 Å². The highest BCUT2D eigenvalue weighted by Gasteiger charge is 2.11. The first kappa shape index (κ1) is 9.17. The number of hydrogen-bond acceptors (Lipinski definition) is 3. The van der Waals surface area contributed by atoms with Crippen molar-refractivity contribution in [1.29, 1.82) is 0 Å². The lowest BCUT2D eigenvalue weighted by Gasteiger charge is -1.99. The molecule has 0 amide bonds. The minimum absolute atomic E-state index is 0.0474. The SMILES string of the molecule is O=[N+]([O-])c1cc[n+]([O-])c(CI)c1. The van der Waals surface area contributed by atoms with E-state index in [1.54, 1.807) is 0 Å². The summed E-state index contributed by atoms with van der Waals surface area (Å²) < 4.78 is 1.09. The smallest absolute Gasteiger partial charge is 0.281 e. The van der Waals surface area contributed by atoms with Gasteiger partial charge in [0.25, 0.3) is 5.69 Å². The molecule has 0 fully saturated rings. The van der Waals surface area contributed by atoms with Crippen molar-refractivity contribution in [1.82, 2.24) is 0 Å². The maximum Gasteiger partial charge on any atom is 0.281 e. The predicted octanol–water partition coefficient (Wildman–Crippen LogP) is 1.16. The predicted molar refractivity (Wildman–Crippen MR) is 49.8 cm³/mol. The van der Waals surface area contributed by atoms with Crippen LogP contribution in [0.2, 0.25) is 0 Å². The topological polar surface area (TPSA) is 70.1 Å². The van der Waals surface area contributed by atoms with Crippen LogP contribution in [0.15, 0.2) is 18.3 Å². The zero-order chi connectivity index (χ0) is 9.14. The third-order valence-electron chi connectivity index (χ3n) is 1.33. The van der Waals surface area contributed by atoms with Crippen LogP contribution in [0, 0.1) is 15.3 Å². The summed E-state index contributed by atoms with van der Waals surface area (Å²) in [7, 11) is 0. The van der Waals surface area contributed by atoms with Crippen LogP contribution in [0.25, 0.3) is 0 Å². The molecule has 0 spiro atoms. The van der Waals surface area contributed by atoms with Gasteiger partial charge in [-0.25, -0.2) is 0 Å². The number of nitrogens with zero attached hydrogens (tertiary/aromatic N) is 2. The van der Waals surface area contributed by atoms with E-state index in [0.717, 1.165) is 6.20 Å². The van der Waals surface area contributed by atoms with Gasteiger partial charge >= 0.3 is 0 Å². The molecule has 0 aliphatic rings. The Balaban J connectivity index is 3.13. The Morgan fingerprint density at radius 2 is 2.33 bits per heavy atom. The highest BCUT2D eigenvalue weighted by Crippen LogP contribution is 2.11. The quantitative estimate of drug-likeness (QED) is 0.204. The molecule has 0 aliphatic carbocycles.